The van der Waals surface area contributed by atoms with Crippen LogP contribution >= 0.6 is 0 Å². The summed E-state index contributed by atoms with van der Waals surface area (Å²) >= 11 is 0. The van der Waals surface area contributed by atoms with Gasteiger partial charge in [0.2, 0.25) is 0 Å². The van der Waals surface area contributed by atoms with Crippen LogP contribution in [0.3, 0.4) is 0 Å². The molecular weight excluding hydrogens is 426 g/mol. The number of carbonyl (C=O) groups is 1. The lowest BCUT2D eigenvalue weighted by atomic mass is 10.1. The van der Waals surface area contributed by atoms with E-state index in [4.69, 9.17) is 9.47 Å². The third-order valence-corrected chi connectivity index (χ3v) is 5.29. The van der Waals surface area contributed by atoms with Crippen molar-refractivity contribution in [1.29, 1.82) is 0 Å². The van der Waals surface area contributed by atoms with Gasteiger partial charge in [0, 0.05) is 29.2 Å². The predicted molar refractivity (Wildman–Crippen MR) is 122 cm³/mol. The molecule has 5 nitrogen and oxygen atoms in total. The van der Waals surface area contributed by atoms with Crippen molar-refractivity contribution in [3.63, 3.8) is 0 Å². The van der Waals surface area contributed by atoms with Crippen molar-refractivity contribution in [2.24, 2.45) is 0 Å². The van der Waals surface area contributed by atoms with Crippen LogP contribution in [0.1, 0.15) is 16.8 Å². The first-order valence-electron chi connectivity index (χ1n) is 10.6. The predicted octanol–water partition coefficient (Wildman–Crippen LogP) is 5.07. The number of halogens is 2. The van der Waals surface area contributed by atoms with Crippen LogP contribution in [0, 0.1) is 18.6 Å². The van der Waals surface area contributed by atoms with Gasteiger partial charge >= 0.3 is 0 Å². The van der Waals surface area contributed by atoms with E-state index in [1.165, 1.54) is 0 Å². The van der Waals surface area contributed by atoms with Crippen LogP contribution in [-0.4, -0.2) is 24.0 Å². The fourth-order valence-corrected chi connectivity index (χ4v) is 3.63. The van der Waals surface area contributed by atoms with E-state index in [2.05, 4.69) is 10.3 Å². The molecule has 0 fully saturated rings. The first-order valence-corrected chi connectivity index (χ1v) is 10.6. The molecule has 3 aromatic carbocycles. The van der Waals surface area contributed by atoms with Gasteiger partial charge in [-0.3, -0.25) is 4.79 Å². The number of hydrogen-bond donors (Lipinski definition) is 2. The summed E-state index contributed by atoms with van der Waals surface area (Å²) in [6.07, 6.45) is 0.602. The molecule has 0 saturated heterocycles. The van der Waals surface area contributed by atoms with Gasteiger partial charge in [-0.1, -0.05) is 30.3 Å². The summed E-state index contributed by atoms with van der Waals surface area (Å²) in [6, 6.07) is 18.8. The maximum Gasteiger partial charge on any atom is 0.257 e. The van der Waals surface area contributed by atoms with Gasteiger partial charge in [0.1, 0.15) is 18.2 Å². The Kier molecular flexibility index (Phi) is 6.88. The van der Waals surface area contributed by atoms with Crippen LogP contribution in [0.5, 0.6) is 11.5 Å². The molecular formula is C26H24F2N2O3. The van der Waals surface area contributed by atoms with Crippen LogP contribution in [0.2, 0.25) is 0 Å². The largest absolute Gasteiger partial charge is 0.489 e. The minimum atomic E-state index is -0.845. The highest BCUT2D eigenvalue weighted by molar-refractivity contribution is 5.86. The second-order valence-corrected chi connectivity index (χ2v) is 7.67. The third kappa shape index (κ3) is 5.68. The van der Waals surface area contributed by atoms with Gasteiger partial charge < -0.3 is 19.8 Å². The van der Waals surface area contributed by atoms with E-state index in [9.17, 15) is 13.6 Å². The SMILES string of the molecule is Cc1[nH]c2ccc(OCc3ccccc3)cc2c1CCNC(=O)COc1ccc(F)cc1F. The third-order valence-electron chi connectivity index (χ3n) is 5.29. The average Bonchev–Trinajstić information content (AvgIpc) is 3.12. The normalized spacial score (nSPS) is 10.9. The Bertz CT molecular complexity index is 1260. The zero-order valence-electron chi connectivity index (χ0n) is 18.2. The number of nitrogens with one attached hydrogen (secondary N) is 2. The molecule has 1 amide bonds. The Morgan fingerprint density at radius 2 is 1.82 bits per heavy atom. The van der Waals surface area contributed by atoms with Crippen molar-refractivity contribution in [2.75, 3.05) is 13.2 Å². The van der Waals surface area contributed by atoms with Gasteiger partial charge in [-0.2, -0.15) is 0 Å². The lowest BCUT2D eigenvalue weighted by molar-refractivity contribution is -0.123. The number of rotatable bonds is 9. The molecule has 0 atom stereocenters. The van der Waals surface area contributed by atoms with Crippen molar-refractivity contribution >= 4 is 16.8 Å². The number of ether oxygens (including phenoxy) is 2. The molecule has 0 aliphatic heterocycles. The smallest absolute Gasteiger partial charge is 0.257 e. The summed E-state index contributed by atoms with van der Waals surface area (Å²) in [7, 11) is 0. The standard InChI is InChI=1S/C26H24F2N2O3/c1-17-21(11-12-29-26(31)16-33-25-10-7-19(27)13-23(25)28)22-14-20(8-9-24(22)30-17)32-15-18-5-3-2-4-6-18/h2-10,13-14,30H,11-12,15-16H2,1H3,(H,29,31). The minimum Gasteiger partial charge on any atom is -0.489 e. The van der Waals surface area contributed by atoms with E-state index in [0.29, 0.717) is 25.6 Å². The zero-order chi connectivity index (χ0) is 23.2. The van der Waals surface area contributed by atoms with E-state index in [1.807, 2.05) is 55.5 Å². The van der Waals surface area contributed by atoms with E-state index in [-0.39, 0.29) is 18.3 Å². The van der Waals surface area contributed by atoms with Gasteiger partial charge in [-0.25, -0.2) is 8.78 Å². The summed E-state index contributed by atoms with van der Waals surface area (Å²) in [6.45, 7) is 2.50. The van der Waals surface area contributed by atoms with Gasteiger partial charge in [0.25, 0.3) is 5.91 Å². The zero-order valence-corrected chi connectivity index (χ0v) is 18.2. The lowest BCUT2D eigenvalue weighted by Gasteiger charge is -2.09. The van der Waals surface area contributed by atoms with Crippen molar-refractivity contribution in [1.82, 2.24) is 10.3 Å². The molecule has 0 bridgehead atoms. The monoisotopic (exact) mass is 450 g/mol. The van der Waals surface area contributed by atoms with Crippen molar-refractivity contribution in [2.45, 2.75) is 20.0 Å². The number of hydrogen-bond acceptors (Lipinski definition) is 3. The summed E-state index contributed by atoms with van der Waals surface area (Å²) < 4.78 is 37.6. The van der Waals surface area contributed by atoms with Crippen molar-refractivity contribution in [3.05, 3.63) is 95.2 Å². The minimum absolute atomic E-state index is 0.165. The first-order chi connectivity index (χ1) is 16.0. The highest BCUT2D eigenvalue weighted by atomic mass is 19.1. The van der Waals surface area contributed by atoms with E-state index < -0.39 is 11.6 Å². The first kappa shape index (κ1) is 22.3. The Morgan fingerprint density at radius 3 is 2.61 bits per heavy atom. The fraction of sp³-hybridized carbons (Fsp3) is 0.192. The molecule has 0 unspecified atom stereocenters. The van der Waals surface area contributed by atoms with Crippen LogP contribution in [0.25, 0.3) is 10.9 Å². The molecule has 4 rings (SSSR count). The number of aromatic amines is 1. The highest BCUT2D eigenvalue weighted by Crippen LogP contribution is 2.27. The van der Waals surface area contributed by atoms with E-state index >= 15 is 0 Å². The number of benzene rings is 3. The molecule has 1 heterocycles. The van der Waals surface area contributed by atoms with Crippen LogP contribution in [0.4, 0.5) is 8.78 Å². The molecule has 0 aliphatic carbocycles. The molecule has 0 saturated carbocycles. The van der Waals surface area contributed by atoms with Gasteiger partial charge in [-0.15, -0.1) is 0 Å². The Labute approximate surface area is 190 Å². The maximum atomic E-state index is 13.6. The topological polar surface area (TPSA) is 63.3 Å². The van der Waals surface area contributed by atoms with Crippen LogP contribution in [0.15, 0.2) is 66.7 Å². The Hall–Kier alpha value is -3.87. The van der Waals surface area contributed by atoms with Crippen molar-refractivity contribution < 1.29 is 23.0 Å². The van der Waals surface area contributed by atoms with Gasteiger partial charge in [0.05, 0.1) is 0 Å². The lowest BCUT2D eigenvalue weighted by Crippen LogP contribution is -2.30. The summed E-state index contributed by atoms with van der Waals surface area (Å²) in [4.78, 5) is 15.4. The molecule has 0 spiro atoms. The van der Waals surface area contributed by atoms with E-state index in [0.717, 1.165) is 45.6 Å². The Balaban J connectivity index is 1.33. The van der Waals surface area contributed by atoms with Crippen LogP contribution in [-0.2, 0) is 17.8 Å². The van der Waals surface area contributed by atoms with Crippen molar-refractivity contribution in [3.8, 4) is 11.5 Å². The molecule has 0 aliphatic rings. The molecule has 170 valence electrons. The highest BCUT2D eigenvalue weighted by Gasteiger charge is 2.12. The molecule has 4 aromatic rings. The summed E-state index contributed by atoms with van der Waals surface area (Å²) in [5.74, 6) is -1.33. The average molecular weight is 450 g/mol. The molecule has 0 radical (unpaired) electrons. The number of aromatic nitrogens is 1. The quantitative estimate of drug-likeness (QED) is 0.374. The van der Waals surface area contributed by atoms with Gasteiger partial charge in [0.15, 0.2) is 18.2 Å². The molecule has 2 N–H and O–H groups in total. The molecule has 7 heteroatoms. The number of fused-ring (bicyclic) bond motifs is 1. The van der Waals surface area contributed by atoms with Gasteiger partial charge in [-0.05, 0) is 54.8 Å². The summed E-state index contributed by atoms with van der Waals surface area (Å²) in [5.41, 5.74) is 4.19. The maximum absolute atomic E-state index is 13.6. The fourth-order valence-electron chi connectivity index (χ4n) is 3.63. The number of H-pyrrole nitrogens is 1. The number of carbonyl (C=O) groups excluding carboxylic acids is 1. The number of amides is 1. The Morgan fingerprint density at radius 1 is 1.00 bits per heavy atom. The van der Waals surface area contributed by atoms with E-state index in [1.54, 1.807) is 0 Å². The second kappa shape index (κ2) is 10.2. The van der Waals surface area contributed by atoms with Crippen LogP contribution < -0.4 is 14.8 Å². The molecule has 33 heavy (non-hydrogen) atoms. The second-order valence-electron chi connectivity index (χ2n) is 7.67. The number of aryl methyl sites for hydroxylation is 1. The summed E-state index contributed by atoms with van der Waals surface area (Å²) in [5, 5.41) is 3.81. The molecule has 1 aromatic heterocycles.